The van der Waals surface area contributed by atoms with E-state index < -0.39 is 12.0 Å². The van der Waals surface area contributed by atoms with Gasteiger partial charge in [0, 0.05) is 15.7 Å². The van der Waals surface area contributed by atoms with Crippen molar-refractivity contribution in [1.82, 2.24) is 15.2 Å². The molecule has 4 rings (SSSR count). The highest BCUT2D eigenvalue weighted by atomic mass is 79.9. The molecule has 5 nitrogen and oxygen atoms in total. The summed E-state index contributed by atoms with van der Waals surface area (Å²) in [6, 6.07) is 10.1. The summed E-state index contributed by atoms with van der Waals surface area (Å²) in [5.41, 5.74) is 2.16. The Morgan fingerprint density at radius 3 is 2.93 bits per heavy atom. The lowest BCUT2D eigenvalue weighted by Gasteiger charge is -2.20. The van der Waals surface area contributed by atoms with Crippen LogP contribution in [0.4, 0.5) is 10.1 Å². The van der Waals surface area contributed by atoms with Crippen molar-refractivity contribution in [2.45, 2.75) is 18.3 Å². The van der Waals surface area contributed by atoms with Gasteiger partial charge in [-0.25, -0.2) is 4.39 Å². The standard InChI is InChI=1S/C18H13BrClFN4OS/c1-2-27-18-23-17-15(24-25-18)10-8-9(19)6-7-13(10)22-16(26-17)14-11(20)4-3-5-12(14)21/h3-8,16,22H,2H2,1H3/t16-/m0/s1. The second kappa shape index (κ2) is 7.61. The molecule has 1 aliphatic heterocycles. The Morgan fingerprint density at radius 2 is 2.15 bits per heavy atom. The van der Waals surface area contributed by atoms with Crippen LogP contribution in [0.15, 0.2) is 46.0 Å². The summed E-state index contributed by atoms with van der Waals surface area (Å²) in [7, 11) is 0. The third kappa shape index (κ3) is 3.61. The first-order valence-electron chi connectivity index (χ1n) is 8.11. The molecule has 1 aliphatic rings. The second-order valence-electron chi connectivity index (χ2n) is 5.65. The summed E-state index contributed by atoms with van der Waals surface area (Å²) < 4.78 is 21.4. The molecule has 0 saturated carbocycles. The minimum atomic E-state index is -0.865. The molecule has 138 valence electrons. The third-order valence-electron chi connectivity index (χ3n) is 3.92. The average molecular weight is 468 g/mol. The van der Waals surface area contributed by atoms with Crippen LogP contribution in [0.25, 0.3) is 11.3 Å². The molecular formula is C18H13BrClFN4OS. The van der Waals surface area contributed by atoms with E-state index >= 15 is 0 Å². The lowest BCUT2D eigenvalue weighted by Crippen LogP contribution is -2.19. The molecule has 0 aliphatic carbocycles. The maximum absolute atomic E-state index is 14.5. The van der Waals surface area contributed by atoms with Crippen molar-refractivity contribution in [3.63, 3.8) is 0 Å². The largest absolute Gasteiger partial charge is 0.448 e. The molecule has 1 atom stereocenters. The smallest absolute Gasteiger partial charge is 0.247 e. The van der Waals surface area contributed by atoms with Gasteiger partial charge in [0.2, 0.25) is 17.3 Å². The summed E-state index contributed by atoms with van der Waals surface area (Å²) in [6.07, 6.45) is -0.865. The van der Waals surface area contributed by atoms with Gasteiger partial charge in [-0.15, -0.1) is 10.2 Å². The van der Waals surface area contributed by atoms with Crippen molar-refractivity contribution < 1.29 is 9.13 Å². The topological polar surface area (TPSA) is 59.9 Å². The molecule has 0 bridgehead atoms. The number of benzene rings is 2. The molecule has 27 heavy (non-hydrogen) atoms. The molecule has 2 heterocycles. The fourth-order valence-corrected chi connectivity index (χ4v) is 3.88. The van der Waals surface area contributed by atoms with Crippen LogP contribution in [0.5, 0.6) is 5.88 Å². The molecule has 3 aromatic rings. The van der Waals surface area contributed by atoms with E-state index in [1.54, 1.807) is 12.1 Å². The van der Waals surface area contributed by atoms with Gasteiger partial charge in [-0.1, -0.05) is 52.3 Å². The van der Waals surface area contributed by atoms with Crippen molar-refractivity contribution in [2.75, 3.05) is 11.1 Å². The Morgan fingerprint density at radius 1 is 1.30 bits per heavy atom. The van der Waals surface area contributed by atoms with Crippen LogP contribution in [0.3, 0.4) is 0 Å². The summed E-state index contributed by atoms with van der Waals surface area (Å²) in [5, 5.41) is 12.4. The number of halogens is 3. The Labute approximate surface area is 172 Å². The first-order valence-corrected chi connectivity index (χ1v) is 10.3. The minimum absolute atomic E-state index is 0.212. The van der Waals surface area contributed by atoms with E-state index in [9.17, 15) is 4.39 Å². The predicted octanol–water partition coefficient (Wildman–Crippen LogP) is 5.71. The van der Waals surface area contributed by atoms with Crippen LogP contribution in [0.2, 0.25) is 5.02 Å². The number of rotatable bonds is 3. The highest BCUT2D eigenvalue weighted by Crippen LogP contribution is 2.42. The normalized spacial score (nSPS) is 15.2. The van der Waals surface area contributed by atoms with E-state index in [1.807, 2.05) is 25.1 Å². The van der Waals surface area contributed by atoms with Crippen LogP contribution < -0.4 is 10.1 Å². The summed E-state index contributed by atoms with van der Waals surface area (Å²) >= 11 is 11.2. The van der Waals surface area contributed by atoms with E-state index in [-0.39, 0.29) is 16.5 Å². The van der Waals surface area contributed by atoms with Crippen LogP contribution in [0.1, 0.15) is 18.7 Å². The van der Waals surface area contributed by atoms with Gasteiger partial charge in [0.1, 0.15) is 5.82 Å². The van der Waals surface area contributed by atoms with E-state index in [0.717, 1.165) is 15.8 Å². The molecule has 0 amide bonds. The Bertz CT molecular complexity index is 1000. The van der Waals surface area contributed by atoms with Crippen LogP contribution in [0, 0.1) is 5.82 Å². The van der Waals surface area contributed by atoms with Gasteiger partial charge in [0.05, 0.1) is 10.6 Å². The zero-order chi connectivity index (χ0) is 19.0. The minimum Gasteiger partial charge on any atom is -0.448 e. The Kier molecular flexibility index (Phi) is 5.21. The first kappa shape index (κ1) is 18.5. The van der Waals surface area contributed by atoms with Gasteiger partial charge in [-0.2, -0.15) is 4.98 Å². The van der Waals surface area contributed by atoms with Gasteiger partial charge >= 0.3 is 0 Å². The molecule has 1 N–H and O–H groups in total. The molecule has 9 heteroatoms. The molecule has 0 fully saturated rings. The van der Waals surface area contributed by atoms with Crippen molar-refractivity contribution in [1.29, 1.82) is 0 Å². The van der Waals surface area contributed by atoms with Gasteiger partial charge in [-0.3, -0.25) is 0 Å². The van der Waals surface area contributed by atoms with Crippen molar-refractivity contribution in [2.24, 2.45) is 0 Å². The van der Waals surface area contributed by atoms with E-state index in [2.05, 4.69) is 36.4 Å². The van der Waals surface area contributed by atoms with Crippen LogP contribution >= 0.6 is 39.3 Å². The molecule has 2 aromatic carbocycles. The molecule has 1 aromatic heterocycles. The number of nitrogens with zero attached hydrogens (tertiary/aromatic N) is 3. The van der Waals surface area contributed by atoms with E-state index in [4.69, 9.17) is 16.3 Å². The molecule has 0 radical (unpaired) electrons. The number of thioether (sulfide) groups is 1. The zero-order valence-electron chi connectivity index (χ0n) is 14.0. The number of ether oxygens (including phenoxy) is 1. The monoisotopic (exact) mass is 466 g/mol. The highest BCUT2D eigenvalue weighted by molar-refractivity contribution is 9.10. The van der Waals surface area contributed by atoms with Crippen molar-refractivity contribution in [3.05, 3.63) is 57.3 Å². The van der Waals surface area contributed by atoms with Crippen molar-refractivity contribution >= 4 is 45.0 Å². The highest BCUT2D eigenvalue weighted by Gasteiger charge is 2.29. The number of fused-ring (bicyclic) bond motifs is 3. The van der Waals surface area contributed by atoms with Crippen LogP contribution in [-0.2, 0) is 0 Å². The number of hydrogen-bond donors (Lipinski definition) is 1. The Hall–Kier alpha value is -1.90. The zero-order valence-corrected chi connectivity index (χ0v) is 17.2. The first-order chi connectivity index (χ1) is 13.1. The number of aromatic nitrogens is 3. The molecule has 0 saturated heterocycles. The van der Waals surface area contributed by atoms with Gasteiger partial charge < -0.3 is 10.1 Å². The predicted molar refractivity (Wildman–Crippen MR) is 108 cm³/mol. The molecular weight excluding hydrogens is 455 g/mol. The fourth-order valence-electron chi connectivity index (χ4n) is 2.75. The fraction of sp³-hybridized carbons (Fsp3) is 0.167. The molecule has 0 unspecified atom stereocenters. The Balaban J connectivity index is 1.90. The van der Waals surface area contributed by atoms with Crippen LogP contribution in [-0.4, -0.2) is 20.9 Å². The maximum Gasteiger partial charge on any atom is 0.247 e. The number of anilines is 1. The van der Waals surface area contributed by atoms with Crippen molar-refractivity contribution in [3.8, 4) is 17.1 Å². The summed E-state index contributed by atoms with van der Waals surface area (Å²) in [6.45, 7) is 2.00. The van der Waals surface area contributed by atoms with E-state index in [0.29, 0.717) is 16.5 Å². The van der Waals surface area contributed by atoms with Gasteiger partial charge in [0.15, 0.2) is 5.69 Å². The lowest BCUT2D eigenvalue weighted by atomic mass is 10.1. The quantitative estimate of drug-likeness (QED) is 0.498. The number of nitrogens with one attached hydrogen (secondary N) is 1. The average Bonchev–Trinajstić information content (AvgIpc) is 2.78. The van der Waals surface area contributed by atoms with Gasteiger partial charge in [0.25, 0.3) is 0 Å². The summed E-state index contributed by atoms with van der Waals surface area (Å²) in [4.78, 5) is 4.47. The molecule has 0 spiro atoms. The third-order valence-corrected chi connectivity index (χ3v) is 5.47. The summed E-state index contributed by atoms with van der Waals surface area (Å²) in [5.74, 6) is 0.602. The van der Waals surface area contributed by atoms with Gasteiger partial charge in [-0.05, 0) is 36.1 Å². The van der Waals surface area contributed by atoms with E-state index in [1.165, 1.54) is 17.8 Å². The second-order valence-corrected chi connectivity index (χ2v) is 8.20. The lowest BCUT2D eigenvalue weighted by molar-refractivity contribution is 0.220. The SMILES string of the molecule is CCSc1nnc2c(n1)O[C@@H](c1c(F)cccc1Cl)Nc1ccc(Br)cc1-2. The maximum atomic E-state index is 14.5. The number of hydrogen-bond acceptors (Lipinski definition) is 6.